The number of guanidine groups is 1. The van der Waals surface area contributed by atoms with E-state index in [1.54, 1.807) is 30.6 Å². The molecule has 9 heteroatoms. The van der Waals surface area contributed by atoms with E-state index in [0.717, 1.165) is 6.21 Å². The average Bonchev–Trinajstić information content (AvgIpc) is 2.45. The summed E-state index contributed by atoms with van der Waals surface area (Å²) in [6, 6.07) is 0. The van der Waals surface area contributed by atoms with Crippen LogP contribution >= 0.6 is 0 Å². The van der Waals surface area contributed by atoms with Gasteiger partial charge < -0.3 is 14.5 Å². The molecule has 0 bridgehead atoms. The molecule has 130 valence electrons. The summed E-state index contributed by atoms with van der Waals surface area (Å²) in [7, 11) is 0. The molecule has 0 N–H and O–H groups in total. The number of aliphatic imine (C=N–C) groups is 2. The molecule has 2 aliphatic heterocycles. The molecule has 0 saturated carbocycles. The summed E-state index contributed by atoms with van der Waals surface area (Å²) < 4.78 is 43.0. The minimum atomic E-state index is -4.31. The summed E-state index contributed by atoms with van der Waals surface area (Å²) in [5.41, 5.74) is -0.557. The number of ether oxygens (including phenoxy) is 1. The van der Waals surface area contributed by atoms with Crippen LogP contribution in [0.3, 0.4) is 0 Å². The van der Waals surface area contributed by atoms with Crippen molar-refractivity contribution < 1.29 is 22.7 Å². The van der Waals surface area contributed by atoms with Gasteiger partial charge in [0.25, 0.3) is 0 Å². The molecule has 1 atom stereocenters. The Morgan fingerprint density at radius 2 is 1.83 bits per heavy atom. The first-order valence-corrected chi connectivity index (χ1v) is 7.44. The van der Waals surface area contributed by atoms with Crippen LogP contribution in [0.25, 0.3) is 0 Å². The number of carbonyl (C=O) groups excluding carboxylic acids is 1. The van der Waals surface area contributed by atoms with Gasteiger partial charge in [-0.3, -0.25) is 4.99 Å². The number of piperazine rings is 1. The smallest absolute Gasteiger partial charge is 0.410 e. The lowest BCUT2D eigenvalue weighted by atomic mass is 10.1. The number of hydrogen-bond acceptors (Lipinski definition) is 5. The van der Waals surface area contributed by atoms with E-state index in [1.807, 2.05) is 0 Å². The summed E-state index contributed by atoms with van der Waals surface area (Å²) >= 11 is 0. The SMILES string of the molecule is CC(C)(C)OC(=O)N1CCN(C2=NCC(C(F)(F)F)C=N2)CC1. The van der Waals surface area contributed by atoms with E-state index in [4.69, 9.17) is 4.74 Å². The lowest BCUT2D eigenvalue weighted by Gasteiger charge is -2.36. The first kappa shape index (κ1) is 17.6. The van der Waals surface area contributed by atoms with E-state index in [0.29, 0.717) is 32.1 Å². The molecular formula is C14H21F3N4O2. The van der Waals surface area contributed by atoms with Crippen LogP contribution in [0.4, 0.5) is 18.0 Å². The van der Waals surface area contributed by atoms with E-state index in [1.165, 1.54) is 0 Å². The van der Waals surface area contributed by atoms with Crippen molar-refractivity contribution >= 4 is 18.3 Å². The maximum Gasteiger partial charge on any atom is 0.410 e. The summed E-state index contributed by atoms with van der Waals surface area (Å²) in [5.74, 6) is -1.32. The van der Waals surface area contributed by atoms with Gasteiger partial charge in [0.2, 0.25) is 5.96 Å². The van der Waals surface area contributed by atoms with Gasteiger partial charge in [0, 0.05) is 32.4 Å². The topological polar surface area (TPSA) is 57.5 Å². The van der Waals surface area contributed by atoms with Gasteiger partial charge in [-0.15, -0.1) is 0 Å². The van der Waals surface area contributed by atoms with Crippen molar-refractivity contribution in [3.63, 3.8) is 0 Å². The third-order valence-electron chi connectivity index (χ3n) is 3.43. The van der Waals surface area contributed by atoms with Crippen LogP contribution in [0, 0.1) is 5.92 Å². The molecule has 0 aromatic carbocycles. The second kappa shape index (κ2) is 6.37. The van der Waals surface area contributed by atoms with Gasteiger partial charge in [0.15, 0.2) is 0 Å². The second-order valence-electron chi connectivity index (χ2n) is 6.52. The first-order chi connectivity index (χ1) is 10.6. The molecule has 1 fully saturated rings. The van der Waals surface area contributed by atoms with E-state index < -0.39 is 17.7 Å². The fourth-order valence-corrected chi connectivity index (χ4v) is 2.21. The van der Waals surface area contributed by atoms with Crippen molar-refractivity contribution in [1.82, 2.24) is 9.80 Å². The number of halogens is 3. The number of rotatable bonds is 0. The number of carbonyl (C=O) groups is 1. The molecule has 0 aromatic rings. The minimum absolute atomic E-state index is 0.300. The molecule has 0 spiro atoms. The van der Waals surface area contributed by atoms with Crippen molar-refractivity contribution in [2.24, 2.45) is 15.9 Å². The molecule has 0 aliphatic carbocycles. The molecule has 1 saturated heterocycles. The maximum atomic E-state index is 12.6. The van der Waals surface area contributed by atoms with Crippen LogP contribution in [0.15, 0.2) is 9.98 Å². The standard InChI is InChI=1S/C14H21F3N4O2/c1-13(2,3)23-12(22)21-6-4-20(5-7-21)11-18-8-10(9-19-11)14(15,16)17/h8,10H,4-7,9H2,1-3H3. The Bertz CT molecular complexity index is 503. The normalized spacial score (nSPS) is 22.9. The van der Waals surface area contributed by atoms with Gasteiger partial charge in [0.05, 0.1) is 6.54 Å². The zero-order valence-corrected chi connectivity index (χ0v) is 13.4. The van der Waals surface area contributed by atoms with E-state index in [9.17, 15) is 18.0 Å². The first-order valence-electron chi connectivity index (χ1n) is 7.44. The van der Waals surface area contributed by atoms with Crippen molar-refractivity contribution in [1.29, 1.82) is 0 Å². The lowest BCUT2D eigenvalue weighted by Crippen LogP contribution is -2.52. The second-order valence-corrected chi connectivity index (χ2v) is 6.52. The molecule has 23 heavy (non-hydrogen) atoms. The van der Waals surface area contributed by atoms with E-state index >= 15 is 0 Å². The van der Waals surface area contributed by atoms with Crippen molar-refractivity contribution in [3.8, 4) is 0 Å². The van der Waals surface area contributed by atoms with Crippen molar-refractivity contribution in [2.75, 3.05) is 32.7 Å². The van der Waals surface area contributed by atoms with Crippen LogP contribution in [0.5, 0.6) is 0 Å². The molecule has 0 radical (unpaired) electrons. The van der Waals surface area contributed by atoms with Crippen molar-refractivity contribution in [2.45, 2.75) is 32.5 Å². The predicted molar refractivity (Wildman–Crippen MR) is 79.7 cm³/mol. The maximum absolute atomic E-state index is 12.6. The average molecular weight is 334 g/mol. The van der Waals surface area contributed by atoms with Gasteiger partial charge in [-0.05, 0) is 20.8 Å². The van der Waals surface area contributed by atoms with Crippen LogP contribution in [-0.2, 0) is 4.74 Å². The Kier molecular flexibility index (Phi) is 4.86. The van der Waals surface area contributed by atoms with Gasteiger partial charge in [-0.25, -0.2) is 9.79 Å². The Morgan fingerprint density at radius 1 is 1.22 bits per heavy atom. The third kappa shape index (κ3) is 4.84. The van der Waals surface area contributed by atoms with Crippen LogP contribution in [-0.4, -0.2) is 72.6 Å². The molecule has 2 heterocycles. The number of nitrogens with zero attached hydrogens (tertiary/aromatic N) is 4. The molecule has 0 aromatic heterocycles. The van der Waals surface area contributed by atoms with E-state index in [2.05, 4.69) is 9.98 Å². The molecule has 6 nitrogen and oxygen atoms in total. The zero-order chi connectivity index (χ0) is 17.3. The predicted octanol–water partition coefficient (Wildman–Crippen LogP) is 2.16. The quantitative estimate of drug-likeness (QED) is 0.682. The highest BCUT2D eigenvalue weighted by Crippen LogP contribution is 2.26. The highest BCUT2D eigenvalue weighted by molar-refractivity contribution is 5.90. The van der Waals surface area contributed by atoms with Gasteiger partial charge in [-0.2, -0.15) is 13.2 Å². The molecule has 1 amide bonds. The molecule has 2 rings (SSSR count). The molecular weight excluding hydrogens is 313 g/mol. The van der Waals surface area contributed by atoms with Gasteiger partial charge in [0.1, 0.15) is 11.5 Å². The Balaban J connectivity index is 1.85. The van der Waals surface area contributed by atoms with Gasteiger partial charge in [-0.1, -0.05) is 0 Å². The highest BCUT2D eigenvalue weighted by Gasteiger charge is 2.40. The van der Waals surface area contributed by atoms with Crippen LogP contribution in [0.2, 0.25) is 0 Å². The van der Waals surface area contributed by atoms with E-state index in [-0.39, 0.29) is 12.6 Å². The Labute approximate surface area is 133 Å². The fourth-order valence-electron chi connectivity index (χ4n) is 2.21. The molecule has 2 aliphatic rings. The number of hydrogen-bond donors (Lipinski definition) is 0. The lowest BCUT2D eigenvalue weighted by molar-refractivity contribution is -0.151. The van der Waals surface area contributed by atoms with Crippen LogP contribution in [0.1, 0.15) is 20.8 Å². The monoisotopic (exact) mass is 334 g/mol. The minimum Gasteiger partial charge on any atom is -0.444 e. The largest absolute Gasteiger partial charge is 0.444 e. The van der Waals surface area contributed by atoms with Gasteiger partial charge >= 0.3 is 12.3 Å². The summed E-state index contributed by atoms with van der Waals surface area (Å²) in [6.45, 7) is 6.82. The van der Waals surface area contributed by atoms with Crippen molar-refractivity contribution in [3.05, 3.63) is 0 Å². The number of alkyl halides is 3. The molecule has 1 unspecified atom stereocenters. The summed E-state index contributed by atoms with van der Waals surface area (Å²) in [6.07, 6.45) is -3.79. The Hall–Kier alpha value is -1.80. The van der Waals surface area contributed by atoms with Crippen LogP contribution < -0.4 is 0 Å². The fraction of sp³-hybridized carbons (Fsp3) is 0.786. The highest BCUT2D eigenvalue weighted by atomic mass is 19.4. The summed E-state index contributed by atoms with van der Waals surface area (Å²) in [5, 5.41) is 0. The Morgan fingerprint density at radius 3 is 2.26 bits per heavy atom. The number of amides is 1. The third-order valence-corrected chi connectivity index (χ3v) is 3.43. The summed E-state index contributed by atoms with van der Waals surface area (Å²) in [4.78, 5) is 23.1. The zero-order valence-electron chi connectivity index (χ0n) is 13.4.